The maximum absolute atomic E-state index is 12.3. The summed E-state index contributed by atoms with van der Waals surface area (Å²) in [6, 6.07) is 7.56. The van der Waals surface area contributed by atoms with Crippen LogP contribution >= 0.6 is 23.4 Å². The molecule has 0 radical (unpaired) electrons. The number of nitrogens with one attached hydrogen (secondary N) is 2. The van der Waals surface area contributed by atoms with Crippen molar-refractivity contribution in [3.8, 4) is 0 Å². The zero-order valence-electron chi connectivity index (χ0n) is 14.5. The van der Waals surface area contributed by atoms with Gasteiger partial charge in [0, 0.05) is 43.2 Å². The Bertz CT molecular complexity index is 691. The standard InChI is InChI=1S/C16H25ClN4O2S2/c1-13(14-5-3-4-6-15(14)17)20-16(18-2)19-7-12-25(22,23)21-8-10-24-11-9-21/h3-6,13H,7-12H2,1-2H3,(H2,18,19,20). The van der Waals surface area contributed by atoms with Gasteiger partial charge in [0.05, 0.1) is 11.8 Å². The molecule has 2 rings (SSSR count). The molecule has 0 amide bonds. The molecular formula is C16H25ClN4O2S2. The molecule has 6 nitrogen and oxygen atoms in total. The molecule has 1 saturated heterocycles. The summed E-state index contributed by atoms with van der Waals surface area (Å²) in [5.41, 5.74) is 0.963. The maximum atomic E-state index is 12.3. The van der Waals surface area contributed by atoms with E-state index in [1.54, 1.807) is 23.1 Å². The Morgan fingerprint density at radius 2 is 2.04 bits per heavy atom. The molecule has 2 N–H and O–H groups in total. The van der Waals surface area contributed by atoms with Gasteiger partial charge in [-0.3, -0.25) is 4.99 Å². The number of aliphatic imine (C=N–C) groups is 1. The summed E-state index contributed by atoms with van der Waals surface area (Å²) < 4.78 is 26.3. The molecule has 1 aromatic rings. The van der Waals surface area contributed by atoms with E-state index in [1.165, 1.54) is 0 Å². The Kier molecular flexibility index (Phi) is 7.86. The van der Waals surface area contributed by atoms with Crippen LogP contribution in [0.1, 0.15) is 18.5 Å². The summed E-state index contributed by atoms with van der Waals surface area (Å²) in [4.78, 5) is 4.15. The van der Waals surface area contributed by atoms with Crippen molar-refractivity contribution in [3.05, 3.63) is 34.9 Å². The number of guanidine groups is 1. The first-order valence-electron chi connectivity index (χ1n) is 8.21. The second-order valence-electron chi connectivity index (χ2n) is 5.71. The third-order valence-electron chi connectivity index (χ3n) is 3.96. The number of rotatable bonds is 6. The molecule has 1 unspecified atom stereocenters. The quantitative estimate of drug-likeness (QED) is 0.560. The minimum absolute atomic E-state index is 0.0457. The summed E-state index contributed by atoms with van der Waals surface area (Å²) >= 11 is 8.00. The monoisotopic (exact) mass is 404 g/mol. The highest BCUT2D eigenvalue weighted by molar-refractivity contribution is 7.99. The first-order valence-corrected chi connectivity index (χ1v) is 11.4. The van der Waals surface area contributed by atoms with Crippen molar-refractivity contribution in [2.24, 2.45) is 4.99 Å². The van der Waals surface area contributed by atoms with Crippen molar-refractivity contribution >= 4 is 39.3 Å². The minimum atomic E-state index is -3.22. The molecule has 0 spiro atoms. The lowest BCUT2D eigenvalue weighted by Crippen LogP contribution is -2.44. The van der Waals surface area contributed by atoms with E-state index in [0.717, 1.165) is 17.1 Å². The third-order valence-corrected chi connectivity index (χ3v) is 7.12. The molecule has 1 atom stereocenters. The normalized spacial score (nSPS) is 18.0. The fourth-order valence-electron chi connectivity index (χ4n) is 2.56. The molecule has 25 heavy (non-hydrogen) atoms. The van der Waals surface area contributed by atoms with Crippen LogP contribution in [0.4, 0.5) is 0 Å². The van der Waals surface area contributed by atoms with Gasteiger partial charge in [-0.2, -0.15) is 11.8 Å². The Balaban J connectivity index is 1.85. The van der Waals surface area contributed by atoms with E-state index in [1.807, 2.05) is 31.2 Å². The lowest BCUT2D eigenvalue weighted by Gasteiger charge is -2.26. The van der Waals surface area contributed by atoms with Crippen LogP contribution in [0.2, 0.25) is 5.02 Å². The topological polar surface area (TPSA) is 73.8 Å². The fraction of sp³-hybridized carbons (Fsp3) is 0.562. The maximum Gasteiger partial charge on any atom is 0.215 e. The van der Waals surface area contributed by atoms with Gasteiger partial charge in [-0.05, 0) is 18.6 Å². The van der Waals surface area contributed by atoms with E-state index >= 15 is 0 Å². The van der Waals surface area contributed by atoms with Crippen molar-refractivity contribution < 1.29 is 8.42 Å². The smallest absolute Gasteiger partial charge is 0.215 e. The molecule has 1 aliphatic heterocycles. The highest BCUT2D eigenvalue weighted by atomic mass is 35.5. The Labute approximate surface area is 159 Å². The van der Waals surface area contributed by atoms with Crippen LogP contribution in [0.3, 0.4) is 0 Å². The zero-order valence-corrected chi connectivity index (χ0v) is 16.9. The number of hydrogen-bond acceptors (Lipinski definition) is 4. The number of halogens is 1. The number of sulfonamides is 1. The summed E-state index contributed by atoms with van der Waals surface area (Å²) in [6.07, 6.45) is 0. The van der Waals surface area contributed by atoms with Crippen molar-refractivity contribution in [1.29, 1.82) is 0 Å². The van der Waals surface area contributed by atoms with E-state index in [9.17, 15) is 8.42 Å². The molecule has 1 fully saturated rings. The van der Waals surface area contributed by atoms with E-state index < -0.39 is 10.0 Å². The summed E-state index contributed by atoms with van der Waals surface area (Å²) in [6.45, 7) is 3.49. The molecule has 1 aliphatic rings. The van der Waals surface area contributed by atoms with Crippen LogP contribution in [0.5, 0.6) is 0 Å². The third kappa shape index (κ3) is 6.06. The highest BCUT2D eigenvalue weighted by Gasteiger charge is 2.23. The molecule has 1 aromatic carbocycles. The summed E-state index contributed by atoms with van der Waals surface area (Å²) in [5.74, 6) is 2.34. The van der Waals surface area contributed by atoms with Crippen LogP contribution in [-0.4, -0.2) is 62.6 Å². The van der Waals surface area contributed by atoms with Crippen molar-refractivity contribution in [2.75, 3.05) is 43.9 Å². The fourth-order valence-corrected chi connectivity index (χ4v) is 5.35. The van der Waals surface area contributed by atoms with Crippen molar-refractivity contribution in [2.45, 2.75) is 13.0 Å². The Morgan fingerprint density at radius 1 is 1.36 bits per heavy atom. The lowest BCUT2D eigenvalue weighted by molar-refractivity contribution is 0.443. The van der Waals surface area contributed by atoms with Crippen molar-refractivity contribution in [3.63, 3.8) is 0 Å². The predicted molar refractivity (Wildman–Crippen MR) is 107 cm³/mol. The Morgan fingerprint density at radius 3 is 2.68 bits per heavy atom. The van der Waals surface area contributed by atoms with Crippen LogP contribution in [-0.2, 0) is 10.0 Å². The lowest BCUT2D eigenvalue weighted by atomic mass is 10.1. The van der Waals surface area contributed by atoms with Crippen molar-refractivity contribution in [1.82, 2.24) is 14.9 Å². The molecule has 0 aromatic heterocycles. The Hall–Kier alpha value is -0.960. The molecule has 140 valence electrons. The van der Waals surface area contributed by atoms with Crippen LogP contribution in [0.15, 0.2) is 29.3 Å². The first kappa shape index (κ1) is 20.4. The van der Waals surface area contributed by atoms with Gasteiger partial charge in [0.1, 0.15) is 0 Å². The van der Waals surface area contributed by atoms with E-state index in [4.69, 9.17) is 11.6 Å². The van der Waals surface area contributed by atoms with E-state index in [2.05, 4.69) is 15.6 Å². The van der Waals surface area contributed by atoms with Crippen LogP contribution in [0, 0.1) is 0 Å². The van der Waals surface area contributed by atoms with E-state index in [-0.39, 0.29) is 11.8 Å². The minimum Gasteiger partial charge on any atom is -0.355 e. The van der Waals surface area contributed by atoms with Gasteiger partial charge in [-0.1, -0.05) is 29.8 Å². The van der Waals surface area contributed by atoms with Gasteiger partial charge in [0.15, 0.2) is 5.96 Å². The van der Waals surface area contributed by atoms with Crippen LogP contribution in [0.25, 0.3) is 0 Å². The second-order valence-corrected chi connectivity index (χ2v) is 9.43. The predicted octanol–water partition coefficient (Wildman–Crippen LogP) is 1.94. The molecule has 0 saturated carbocycles. The SMILES string of the molecule is CN=C(NCCS(=O)(=O)N1CCSCC1)NC(C)c1ccccc1Cl. The second kappa shape index (κ2) is 9.66. The number of thioether (sulfide) groups is 1. The summed E-state index contributed by atoms with van der Waals surface area (Å²) in [7, 11) is -1.56. The van der Waals surface area contributed by atoms with Gasteiger partial charge in [-0.25, -0.2) is 12.7 Å². The first-order chi connectivity index (χ1) is 11.9. The van der Waals surface area contributed by atoms with E-state index in [0.29, 0.717) is 30.6 Å². The average molecular weight is 405 g/mol. The zero-order chi connectivity index (χ0) is 18.3. The van der Waals surface area contributed by atoms with Gasteiger partial charge in [0.25, 0.3) is 0 Å². The number of hydrogen-bond donors (Lipinski definition) is 2. The van der Waals surface area contributed by atoms with Crippen LogP contribution < -0.4 is 10.6 Å². The average Bonchev–Trinajstić information content (AvgIpc) is 2.61. The van der Waals surface area contributed by atoms with Gasteiger partial charge in [0.2, 0.25) is 10.0 Å². The highest BCUT2D eigenvalue weighted by Crippen LogP contribution is 2.21. The largest absolute Gasteiger partial charge is 0.355 e. The molecule has 0 bridgehead atoms. The number of nitrogens with zero attached hydrogens (tertiary/aromatic N) is 2. The van der Waals surface area contributed by atoms with Gasteiger partial charge < -0.3 is 10.6 Å². The molecule has 1 heterocycles. The number of benzene rings is 1. The summed E-state index contributed by atoms with van der Waals surface area (Å²) in [5, 5.41) is 6.99. The molecule has 0 aliphatic carbocycles. The molecule has 9 heteroatoms. The van der Waals surface area contributed by atoms with Gasteiger partial charge >= 0.3 is 0 Å². The molecular weight excluding hydrogens is 380 g/mol. The van der Waals surface area contributed by atoms with Gasteiger partial charge in [-0.15, -0.1) is 0 Å².